The predicted molar refractivity (Wildman–Crippen MR) is 66.2 cm³/mol. The second-order valence-corrected chi connectivity index (χ2v) is 5.14. The summed E-state index contributed by atoms with van der Waals surface area (Å²) < 4.78 is 0. The highest BCUT2D eigenvalue weighted by molar-refractivity contribution is 9.09. The molecule has 0 bridgehead atoms. The molecule has 0 aromatic carbocycles. The molecule has 1 atom stereocenters. The normalized spacial score (nSPS) is 25.3. The van der Waals surface area contributed by atoms with Crippen molar-refractivity contribution in [3.8, 4) is 0 Å². The van der Waals surface area contributed by atoms with E-state index < -0.39 is 0 Å². The van der Waals surface area contributed by atoms with Crippen molar-refractivity contribution in [2.45, 2.75) is 31.7 Å². The number of nitrogens with zero attached hydrogens (tertiary/aromatic N) is 2. The minimum atomic E-state index is 0.775. The molecule has 3 heteroatoms. The zero-order chi connectivity index (χ0) is 10.4. The summed E-state index contributed by atoms with van der Waals surface area (Å²) >= 11 is 3.64. The van der Waals surface area contributed by atoms with Crippen molar-refractivity contribution >= 4 is 15.9 Å². The molecule has 1 fully saturated rings. The second-order valence-electron chi connectivity index (χ2n) is 4.50. The van der Waals surface area contributed by atoms with Gasteiger partial charge in [0.05, 0.1) is 0 Å². The minimum Gasteiger partial charge on any atom is -0.308 e. The van der Waals surface area contributed by atoms with Crippen LogP contribution in [0.1, 0.15) is 25.7 Å². The monoisotopic (exact) mass is 262 g/mol. The minimum absolute atomic E-state index is 0.775. The van der Waals surface area contributed by atoms with Crippen molar-refractivity contribution < 1.29 is 0 Å². The molecule has 84 valence electrons. The van der Waals surface area contributed by atoms with Crippen LogP contribution in [0.15, 0.2) is 0 Å². The molecule has 0 aliphatic carbocycles. The maximum atomic E-state index is 3.64. The fourth-order valence-corrected chi connectivity index (χ4v) is 2.77. The van der Waals surface area contributed by atoms with Gasteiger partial charge in [0.2, 0.25) is 0 Å². The largest absolute Gasteiger partial charge is 0.308 e. The number of hydrogen-bond donors (Lipinski definition) is 0. The lowest BCUT2D eigenvalue weighted by Gasteiger charge is -2.29. The summed E-state index contributed by atoms with van der Waals surface area (Å²) in [6, 6.07) is 0.775. The fraction of sp³-hybridized carbons (Fsp3) is 1.00. The first-order valence-corrected chi connectivity index (χ1v) is 6.81. The number of hydrogen-bond acceptors (Lipinski definition) is 2. The first-order chi connectivity index (χ1) is 6.74. The quantitative estimate of drug-likeness (QED) is 0.717. The van der Waals surface area contributed by atoms with Crippen LogP contribution in [-0.4, -0.2) is 54.9 Å². The lowest BCUT2D eigenvalue weighted by atomic mass is 10.1. The maximum absolute atomic E-state index is 3.64. The van der Waals surface area contributed by atoms with E-state index in [1.807, 2.05) is 0 Å². The van der Waals surface area contributed by atoms with Gasteiger partial charge in [-0.3, -0.25) is 4.90 Å². The van der Waals surface area contributed by atoms with E-state index in [-0.39, 0.29) is 0 Å². The molecular weight excluding hydrogens is 240 g/mol. The maximum Gasteiger partial charge on any atom is 0.0193 e. The number of halogens is 1. The number of likely N-dealkylation sites (N-methyl/N-ethyl adjacent to an activating group) is 1. The topological polar surface area (TPSA) is 6.48 Å². The molecule has 1 heterocycles. The molecule has 1 rings (SSSR count). The third-order valence-electron chi connectivity index (χ3n) is 3.01. The number of rotatable bonds is 4. The van der Waals surface area contributed by atoms with E-state index in [2.05, 4.69) is 39.8 Å². The molecule has 0 saturated carbocycles. The van der Waals surface area contributed by atoms with Crippen LogP contribution in [-0.2, 0) is 0 Å². The Morgan fingerprint density at radius 2 is 2.07 bits per heavy atom. The molecular formula is C11H23BrN2. The molecule has 1 unspecified atom stereocenters. The first kappa shape index (κ1) is 12.5. The van der Waals surface area contributed by atoms with Crippen LogP contribution in [0.3, 0.4) is 0 Å². The smallest absolute Gasteiger partial charge is 0.0193 e. The Morgan fingerprint density at radius 3 is 2.71 bits per heavy atom. The third kappa shape index (κ3) is 4.28. The number of alkyl halides is 1. The van der Waals surface area contributed by atoms with Gasteiger partial charge >= 0.3 is 0 Å². The summed E-state index contributed by atoms with van der Waals surface area (Å²) in [5, 5.41) is 1.14. The van der Waals surface area contributed by atoms with Gasteiger partial charge in [-0.2, -0.15) is 0 Å². The highest BCUT2D eigenvalue weighted by atomic mass is 79.9. The van der Waals surface area contributed by atoms with Crippen LogP contribution in [0.4, 0.5) is 0 Å². The standard InChI is InChI=1S/C11H23BrN2/c1-13(2)8-9-14-7-5-3-4-6-11(14)10-12/h11H,3-10H2,1-2H3. The fourth-order valence-electron chi connectivity index (χ4n) is 2.03. The zero-order valence-electron chi connectivity index (χ0n) is 9.51. The van der Waals surface area contributed by atoms with Crippen molar-refractivity contribution in [2.24, 2.45) is 0 Å². The van der Waals surface area contributed by atoms with Crippen molar-refractivity contribution in [3.05, 3.63) is 0 Å². The molecule has 0 spiro atoms. The van der Waals surface area contributed by atoms with Gasteiger partial charge in [0.15, 0.2) is 0 Å². The summed E-state index contributed by atoms with van der Waals surface area (Å²) in [7, 11) is 4.31. The van der Waals surface area contributed by atoms with Crippen LogP contribution in [0.2, 0.25) is 0 Å². The number of likely N-dealkylation sites (tertiary alicyclic amines) is 1. The zero-order valence-corrected chi connectivity index (χ0v) is 11.1. The van der Waals surface area contributed by atoms with Gasteiger partial charge in [0, 0.05) is 24.5 Å². The van der Waals surface area contributed by atoms with Crippen LogP contribution >= 0.6 is 15.9 Å². The van der Waals surface area contributed by atoms with Crippen molar-refractivity contribution in [2.75, 3.05) is 39.1 Å². The lowest BCUT2D eigenvalue weighted by molar-refractivity contribution is 0.196. The van der Waals surface area contributed by atoms with Crippen LogP contribution < -0.4 is 0 Å². The molecule has 1 aliphatic rings. The first-order valence-electron chi connectivity index (χ1n) is 5.69. The van der Waals surface area contributed by atoms with Crippen LogP contribution in [0.5, 0.6) is 0 Å². The van der Waals surface area contributed by atoms with E-state index >= 15 is 0 Å². The van der Waals surface area contributed by atoms with Gasteiger partial charge in [0.25, 0.3) is 0 Å². The van der Waals surface area contributed by atoms with Gasteiger partial charge < -0.3 is 4.90 Å². The van der Waals surface area contributed by atoms with Gasteiger partial charge in [-0.15, -0.1) is 0 Å². The van der Waals surface area contributed by atoms with E-state index in [9.17, 15) is 0 Å². The molecule has 0 aromatic heterocycles. The van der Waals surface area contributed by atoms with Crippen LogP contribution in [0, 0.1) is 0 Å². The van der Waals surface area contributed by atoms with E-state index in [1.165, 1.54) is 45.3 Å². The summed E-state index contributed by atoms with van der Waals surface area (Å²) in [5.74, 6) is 0. The Balaban J connectivity index is 2.36. The third-order valence-corrected chi connectivity index (χ3v) is 3.76. The molecule has 1 saturated heterocycles. The summed E-state index contributed by atoms with van der Waals surface area (Å²) in [6.07, 6.45) is 5.59. The van der Waals surface area contributed by atoms with Crippen molar-refractivity contribution in [1.29, 1.82) is 0 Å². The Labute approximate surface area is 96.8 Å². The lowest BCUT2D eigenvalue weighted by Crippen LogP contribution is -2.40. The summed E-state index contributed by atoms with van der Waals surface area (Å²) in [5.41, 5.74) is 0. The van der Waals surface area contributed by atoms with Gasteiger partial charge in [0.1, 0.15) is 0 Å². The van der Waals surface area contributed by atoms with Gasteiger partial charge in [-0.1, -0.05) is 28.8 Å². The predicted octanol–water partition coefficient (Wildman–Crippen LogP) is 2.19. The van der Waals surface area contributed by atoms with E-state index in [0.29, 0.717) is 0 Å². The summed E-state index contributed by atoms with van der Waals surface area (Å²) in [4.78, 5) is 4.93. The molecule has 0 N–H and O–H groups in total. The highest BCUT2D eigenvalue weighted by Gasteiger charge is 2.19. The van der Waals surface area contributed by atoms with E-state index in [4.69, 9.17) is 0 Å². The Bertz CT molecular complexity index is 150. The Hall–Kier alpha value is 0.400. The average Bonchev–Trinajstić information content (AvgIpc) is 2.38. The van der Waals surface area contributed by atoms with Crippen molar-refractivity contribution in [3.63, 3.8) is 0 Å². The second kappa shape index (κ2) is 6.81. The van der Waals surface area contributed by atoms with Crippen molar-refractivity contribution in [1.82, 2.24) is 9.80 Å². The Kier molecular flexibility index (Phi) is 6.06. The molecule has 1 aliphatic heterocycles. The Morgan fingerprint density at radius 1 is 1.29 bits per heavy atom. The molecule has 14 heavy (non-hydrogen) atoms. The SMILES string of the molecule is CN(C)CCN1CCCCCC1CBr. The molecule has 0 radical (unpaired) electrons. The van der Waals surface area contributed by atoms with Gasteiger partial charge in [-0.05, 0) is 33.5 Å². The van der Waals surface area contributed by atoms with E-state index in [1.54, 1.807) is 0 Å². The summed E-state index contributed by atoms with van der Waals surface area (Å²) in [6.45, 7) is 3.71. The van der Waals surface area contributed by atoms with Crippen LogP contribution in [0.25, 0.3) is 0 Å². The molecule has 2 nitrogen and oxygen atoms in total. The average molecular weight is 263 g/mol. The highest BCUT2D eigenvalue weighted by Crippen LogP contribution is 2.17. The van der Waals surface area contributed by atoms with E-state index in [0.717, 1.165) is 11.4 Å². The molecule has 0 aromatic rings. The molecule has 0 amide bonds. The van der Waals surface area contributed by atoms with Gasteiger partial charge in [-0.25, -0.2) is 0 Å².